The Kier molecular flexibility index (Phi) is 2.54. The molecule has 1 saturated heterocycles. The molecule has 1 aromatic carbocycles. The van der Waals surface area contributed by atoms with E-state index in [0.717, 1.165) is 24.7 Å². The van der Waals surface area contributed by atoms with Crippen molar-refractivity contribution < 1.29 is 14.2 Å². The summed E-state index contributed by atoms with van der Waals surface area (Å²) in [5, 5.41) is 3.40. The summed E-state index contributed by atoms with van der Waals surface area (Å²) in [6, 6.07) is 6.20. The third kappa shape index (κ3) is 1.45. The predicted molar refractivity (Wildman–Crippen MR) is 68.2 cm³/mol. The van der Waals surface area contributed by atoms with Gasteiger partial charge in [-0.1, -0.05) is 6.07 Å². The monoisotopic (exact) mass is 249 g/mol. The second-order valence-corrected chi connectivity index (χ2v) is 5.52. The van der Waals surface area contributed by atoms with Crippen molar-refractivity contribution in [3.05, 3.63) is 23.8 Å². The van der Waals surface area contributed by atoms with E-state index in [0.29, 0.717) is 6.79 Å². The van der Waals surface area contributed by atoms with Gasteiger partial charge in [-0.25, -0.2) is 0 Å². The van der Waals surface area contributed by atoms with Gasteiger partial charge in [-0.3, -0.25) is 0 Å². The molecular formula is C14H19NO3. The summed E-state index contributed by atoms with van der Waals surface area (Å²) in [6.07, 6.45) is 0. The second-order valence-electron chi connectivity index (χ2n) is 5.52. The predicted octanol–water partition coefficient (Wildman–Crippen LogP) is 1.68. The highest BCUT2D eigenvalue weighted by Crippen LogP contribution is 2.45. The fourth-order valence-electron chi connectivity index (χ4n) is 2.63. The highest BCUT2D eigenvalue weighted by atomic mass is 16.7. The number of hydrogen-bond donors (Lipinski definition) is 1. The molecule has 4 heteroatoms. The maximum atomic E-state index is 5.49. The Balaban J connectivity index is 2.02. The number of ether oxygens (including phenoxy) is 3. The molecule has 0 aliphatic carbocycles. The summed E-state index contributed by atoms with van der Waals surface area (Å²) >= 11 is 0. The summed E-state index contributed by atoms with van der Waals surface area (Å²) in [5.41, 5.74) is 1.22. The zero-order chi connectivity index (χ0) is 12.8. The van der Waals surface area contributed by atoms with E-state index in [4.69, 9.17) is 14.2 Å². The van der Waals surface area contributed by atoms with Crippen LogP contribution in [0.3, 0.4) is 0 Å². The van der Waals surface area contributed by atoms with Crippen molar-refractivity contribution in [1.82, 2.24) is 5.32 Å². The van der Waals surface area contributed by atoms with Gasteiger partial charge in [-0.05, 0) is 38.6 Å². The van der Waals surface area contributed by atoms with Gasteiger partial charge in [0.15, 0.2) is 11.5 Å². The first-order valence-corrected chi connectivity index (χ1v) is 6.26. The first kappa shape index (κ1) is 11.8. The van der Waals surface area contributed by atoms with Crippen molar-refractivity contribution >= 4 is 0 Å². The van der Waals surface area contributed by atoms with Crippen molar-refractivity contribution in [1.29, 1.82) is 0 Å². The van der Waals surface area contributed by atoms with Crippen LogP contribution in [0.15, 0.2) is 18.2 Å². The van der Waals surface area contributed by atoms with Crippen LogP contribution in [-0.4, -0.2) is 32.6 Å². The first-order valence-electron chi connectivity index (χ1n) is 6.26. The van der Waals surface area contributed by atoms with Gasteiger partial charge in [0.1, 0.15) is 0 Å². The van der Waals surface area contributed by atoms with Gasteiger partial charge in [0.2, 0.25) is 6.79 Å². The molecular weight excluding hydrogens is 230 g/mol. The summed E-state index contributed by atoms with van der Waals surface area (Å²) in [5.74, 6) is 1.67. The van der Waals surface area contributed by atoms with Crippen molar-refractivity contribution in [2.45, 2.75) is 24.8 Å². The molecule has 0 saturated carbocycles. The minimum absolute atomic E-state index is 0.00271. The van der Waals surface area contributed by atoms with Crippen LogP contribution < -0.4 is 14.8 Å². The highest BCUT2D eigenvalue weighted by molar-refractivity contribution is 5.48. The molecule has 2 heterocycles. The molecule has 0 bridgehead atoms. The Labute approximate surface area is 107 Å². The van der Waals surface area contributed by atoms with E-state index in [1.165, 1.54) is 5.56 Å². The number of rotatable bonds is 3. The standard InChI is InChI=1S/C14H19NO3/c1-13(2,15-3)14(7-16-8-14)10-4-5-11-12(6-10)18-9-17-11/h4-6,15H,7-9H2,1-3H3. The number of benzene rings is 1. The van der Waals surface area contributed by atoms with Gasteiger partial charge in [-0.2, -0.15) is 0 Å². The summed E-state index contributed by atoms with van der Waals surface area (Å²) in [4.78, 5) is 0. The van der Waals surface area contributed by atoms with Gasteiger partial charge >= 0.3 is 0 Å². The van der Waals surface area contributed by atoms with Crippen molar-refractivity contribution in [3.8, 4) is 11.5 Å². The molecule has 1 N–H and O–H groups in total. The lowest BCUT2D eigenvalue weighted by Crippen LogP contribution is -2.65. The quantitative estimate of drug-likeness (QED) is 0.884. The van der Waals surface area contributed by atoms with E-state index in [-0.39, 0.29) is 11.0 Å². The molecule has 4 nitrogen and oxygen atoms in total. The Morgan fingerprint density at radius 3 is 2.50 bits per heavy atom. The van der Waals surface area contributed by atoms with E-state index in [1.54, 1.807) is 0 Å². The Hall–Kier alpha value is -1.26. The molecule has 1 aromatic rings. The topological polar surface area (TPSA) is 39.7 Å². The van der Waals surface area contributed by atoms with E-state index >= 15 is 0 Å². The molecule has 0 radical (unpaired) electrons. The lowest BCUT2D eigenvalue weighted by Gasteiger charge is -2.52. The lowest BCUT2D eigenvalue weighted by atomic mass is 9.65. The average Bonchev–Trinajstić information content (AvgIpc) is 2.74. The molecule has 0 atom stereocenters. The second kappa shape index (κ2) is 3.87. The van der Waals surface area contributed by atoms with Gasteiger partial charge in [-0.15, -0.1) is 0 Å². The van der Waals surface area contributed by atoms with Crippen LogP contribution in [0.2, 0.25) is 0 Å². The molecule has 2 aliphatic heterocycles. The van der Waals surface area contributed by atoms with Gasteiger partial charge in [0.25, 0.3) is 0 Å². The minimum Gasteiger partial charge on any atom is -0.454 e. The zero-order valence-electron chi connectivity index (χ0n) is 11.1. The van der Waals surface area contributed by atoms with Crippen molar-refractivity contribution in [2.75, 3.05) is 27.1 Å². The van der Waals surface area contributed by atoms with Crippen LogP contribution in [0.4, 0.5) is 0 Å². The number of fused-ring (bicyclic) bond motifs is 1. The Morgan fingerprint density at radius 2 is 1.89 bits per heavy atom. The maximum absolute atomic E-state index is 5.49. The molecule has 2 aliphatic rings. The van der Waals surface area contributed by atoms with E-state index in [2.05, 4.69) is 31.3 Å². The molecule has 0 unspecified atom stereocenters. The smallest absolute Gasteiger partial charge is 0.231 e. The van der Waals surface area contributed by atoms with Crippen molar-refractivity contribution in [3.63, 3.8) is 0 Å². The molecule has 0 amide bonds. The summed E-state index contributed by atoms with van der Waals surface area (Å²) < 4.78 is 16.3. The first-order chi connectivity index (χ1) is 8.59. The van der Waals surface area contributed by atoms with E-state index in [9.17, 15) is 0 Å². The molecule has 18 heavy (non-hydrogen) atoms. The van der Waals surface area contributed by atoms with E-state index < -0.39 is 0 Å². The SMILES string of the molecule is CNC(C)(C)C1(c2ccc3c(c2)OCO3)COC1. The van der Waals surface area contributed by atoms with Crippen LogP contribution in [-0.2, 0) is 10.2 Å². The fraction of sp³-hybridized carbons (Fsp3) is 0.571. The Bertz CT molecular complexity index is 466. The number of likely N-dealkylation sites (N-methyl/N-ethyl adjacent to an activating group) is 1. The van der Waals surface area contributed by atoms with Crippen LogP contribution in [0, 0.1) is 0 Å². The van der Waals surface area contributed by atoms with Crippen LogP contribution in [0.5, 0.6) is 11.5 Å². The van der Waals surface area contributed by atoms with E-state index in [1.807, 2.05) is 13.1 Å². The third-order valence-electron chi connectivity index (χ3n) is 4.44. The largest absolute Gasteiger partial charge is 0.454 e. The zero-order valence-corrected chi connectivity index (χ0v) is 11.1. The number of nitrogens with one attached hydrogen (secondary N) is 1. The molecule has 98 valence electrons. The Morgan fingerprint density at radius 1 is 1.17 bits per heavy atom. The van der Waals surface area contributed by atoms with Gasteiger partial charge in [0, 0.05) is 5.54 Å². The number of hydrogen-bond acceptors (Lipinski definition) is 4. The average molecular weight is 249 g/mol. The molecule has 0 aromatic heterocycles. The molecule has 3 rings (SSSR count). The minimum atomic E-state index is -0.0288. The fourth-order valence-corrected chi connectivity index (χ4v) is 2.63. The van der Waals surface area contributed by atoms with Gasteiger partial charge < -0.3 is 19.5 Å². The highest BCUT2D eigenvalue weighted by Gasteiger charge is 2.51. The molecule has 1 fully saturated rings. The van der Waals surface area contributed by atoms with Crippen LogP contribution in [0.25, 0.3) is 0 Å². The van der Waals surface area contributed by atoms with Crippen molar-refractivity contribution in [2.24, 2.45) is 0 Å². The maximum Gasteiger partial charge on any atom is 0.231 e. The van der Waals surface area contributed by atoms with Crippen LogP contribution >= 0.6 is 0 Å². The summed E-state index contributed by atoms with van der Waals surface area (Å²) in [6.45, 7) is 6.21. The lowest BCUT2D eigenvalue weighted by molar-refractivity contribution is -0.0991. The molecule has 0 spiro atoms. The third-order valence-corrected chi connectivity index (χ3v) is 4.44. The van der Waals surface area contributed by atoms with Gasteiger partial charge in [0.05, 0.1) is 18.6 Å². The van der Waals surface area contributed by atoms with Crippen LogP contribution in [0.1, 0.15) is 19.4 Å². The summed E-state index contributed by atoms with van der Waals surface area (Å²) in [7, 11) is 1.99. The normalized spacial score (nSPS) is 20.6.